The van der Waals surface area contributed by atoms with Crippen LogP contribution in [0.5, 0.6) is 0 Å². The molecule has 0 aromatic heterocycles. The summed E-state index contributed by atoms with van der Waals surface area (Å²) in [5.74, 6) is 0.602. The second kappa shape index (κ2) is 8.87. The molecule has 0 saturated carbocycles. The zero-order valence-electron chi connectivity index (χ0n) is 14.3. The molecule has 0 unspecified atom stereocenters. The van der Waals surface area contributed by atoms with E-state index in [4.69, 9.17) is 0 Å². The molecule has 1 aliphatic heterocycles. The summed E-state index contributed by atoms with van der Waals surface area (Å²) in [7, 11) is -3.12. The molecule has 0 spiro atoms. The first-order valence-electron chi connectivity index (χ1n) is 8.37. The van der Waals surface area contributed by atoms with Crippen LogP contribution in [0.1, 0.15) is 31.7 Å². The first-order valence-corrected chi connectivity index (χ1v) is 11.0. The van der Waals surface area contributed by atoms with Crippen molar-refractivity contribution in [1.82, 2.24) is 9.62 Å². The van der Waals surface area contributed by atoms with E-state index in [1.165, 1.54) is 17.3 Å². The highest BCUT2D eigenvalue weighted by atomic mass is 32.2. The Morgan fingerprint density at radius 3 is 2.46 bits per heavy atom. The molecule has 1 fully saturated rings. The van der Waals surface area contributed by atoms with Gasteiger partial charge in [-0.25, -0.2) is 12.7 Å². The number of nitrogens with zero attached hydrogens (tertiary/aromatic N) is 1. The average molecular weight is 371 g/mol. The molecule has 1 aromatic carbocycles. The van der Waals surface area contributed by atoms with E-state index in [2.05, 4.69) is 5.32 Å². The number of hydrogen-bond acceptors (Lipinski definition) is 4. The third kappa shape index (κ3) is 5.79. The molecule has 0 aliphatic carbocycles. The van der Waals surface area contributed by atoms with Crippen LogP contribution in [0.2, 0.25) is 0 Å². The largest absolute Gasteiger partial charge is 0.353 e. The monoisotopic (exact) mass is 370 g/mol. The fourth-order valence-corrected chi connectivity index (χ4v) is 4.97. The smallest absolute Gasteiger partial charge is 0.230 e. The maximum absolute atomic E-state index is 12.1. The fraction of sp³-hybridized carbons (Fsp3) is 0.588. The van der Waals surface area contributed by atoms with Gasteiger partial charge in [0.15, 0.2) is 0 Å². The van der Waals surface area contributed by atoms with Crippen LogP contribution in [0.3, 0.4) is 0 Å². The van der Waals surface area contributed by atoms with Gasteiger partial charge >= 0.3 is 0 Å². The molecule has 1 aromatic rings. The van der Waals surface area contributed by atoms with Crippen molar-refractivity contribution >= 4 is 27.7 Å². The molecule has 2 rings (SSSR count). The van der Waals surface area contributed by atoms with E-state index < -0.39 is 10.0 Å². The minimum Gasteiger partial charge on any atom is -0.353 e. The van der Waals surface area contributed by atoms with Crippen LogP contribution in [0.25, 0.3) is 0 Å². The topological polar surface area (TPSA) is 66.5 Å². The third-order valence-electron chi connectivity index (χ3n) is 4.07. The lowest BCUT2D eigenvalue weighted by Gasteiger charge is -2.31. The van der Waals surface area contributed by atoms with E-state index in [1.807, 2.05) is 38.1 Å². The molecular formula is C17H26N2O3S2. The summed E-state index contributed by atoms with van der Waals surface area (Å²) in [4.78, 5) is 13.1. The normalized spacial score (nSPS) is 16.9. The zero-order valence-corrected chi connectivity index (χ0v) is 16.0. The Hall–Kier alpha value is -1.05. The Morgan fingerprint density at radius 1 is 1.25 bits per heavy atom. The quantitative estimate of drug-likeness (QED) is 0.749. The van der Waals surface area contributed by atoms with Gasteiger partial charge < -0.3 is 5.32 Å². The molecule has 24 heavy (non-hydrogen) atoms. The number of rotatable bonds is 7. The third-order valence-corrected chi connectivity index (χ3v) is 7.15. The van der Waals surface area contributed by atoms with E-state index in [9.17, 15) is 13.2 Å². The molecule has 0 bridgehead atoms. The van der Waals surface area contributed by atoms with Crippen LogP contribution in [-0.4, -0.2) is 49.3 Å². The summed E-state index contributed by atoms with van der Waals surface area (Å²) in [6, 6.07) is 8.18. The minimum atomic E-state index is -3.12. The summed E-state index contributed by atoms with van der Waals surface area (Å²) >= 11 is 1.52. The lowest BCUT2D eigenvalue weighted by atomic mass is 10.1. The Morgan fingerprint density at radius 2 is 1.88 bits per heavy atom. The van der Waals surface area contributed by atoms with Gasteiger partial charge in [-0.1, -0.05) is 24.6 Å². The summed E-state index contributed by atoms with van der Waals surface area (Å²) in [6.45, 7) is 4.90. The highest BCUT2D eigenvalue weighted by Crippen LogP contribution is 2.19. The molecule has 7 heteroatoms. The molecule has 1 heterocycles. The summed E-state index contributed by atoms with van der Waals surface area (Å²) in [5, 5.41) is 3.02. The standard InChI is InChI=1S/C17H26N2O3S2/c1-3-12-24(21,22)19-10-8-15(9-11-19)18-17(20)13-23-16-6-4-14(2)5-7-16/h4-7,15H,3,8-13H2,1-2H3,(H,18,20). The molecule has 5 nitrogen and oxygen atoms in total. The van der Waals surface area contributed by atoms with E-state index in [1.54, 1.807) is 4.31 Å². The Balaban J connectivity index is 1.73. The van der Waals surface area contributed by atoms with Gasteiger partial charge in [0.2, 0.25) is 15.9 Å². The molecule has 1 amide bonds. The van der Waals surface area contributed by atoms with Crippen LogP contribution < -0.4 is 5.32 Å². The fourth-order valence-electron chi connectivity index (χ4n) is 2.72. The van der Waals surface area contributed by atoms with Gasteiger partial charge in [0, 0.05) is 24.0 Å². The van der Waals surface area contributed by atoms with Crippen LogP contribution >= 0.6 is 11.8 Å². The van der Waals surface area contributed by atoms with Crippen LogP contribution in [0.15, 0.2) is 29.2 Å². The predicted octanol–water partition coefficient (Wildman–Crippen LogP) is 2.41. The second-order valence-corrected chi connectivity index (χ2v) is 9.30. The molecule has 134 valence electrons. The number of sulfonamides is 1. The first kappa shape index (κ1) is 19.3. The number of carbonyl (C=O) groups is 1. The minimum absolute atomic E-state index is 0.00967. The number of thioether (sulfide) groups is 1. The van der Waals surface area contributed by atoms with E-state index >= 15 is 0 Å². The molecule has 1 N–H and O–H groups in total. The number of amides is 1. The van der Waals surface area contributed by atoms with E-state index in [0.717, 1.165) is 4.90 Å². The van der Waals surface area contributed by atoms with Crippen molar-refractivity contribution in [2.75, 3.05) is 24.6 Å². The number of nitrogens with one attached hydrogen (secondary N) is 1. The molecular weight excluding hydrogens is 344 g/mol. The van der Waals surface area contributed by atoms with Gasteiger partial charge in [-0.05, 0) is 38.3 Å². The van der Waals surface area contributed by atoms with Gasteiger partial charge in [-0.15, -0.1) is 11.8 Å². The number of aryl methyl sites for hydroxylation is 1. The Bertz CT molecular complexity index is 636. The van der Waals surface area contributed by atoms with Gasteiger partial charge in [-0.3, -0.25) is 4.79 Å². The molecule has 1 aliphatic rings. The lowest BCUT2D eigenvalue weighted by Crippen LogP contribution is -2.47. The van der Waals surface area contributed by atoms with E-state index in [-0.39, 0.29) is 17.7 Å². The highest BCUT2D eigenvalue weighted by molar-refractivity contribution is 8.00. The summed E-state index contributed by atoms with van der Waals surface area (Å²) < 4.78 is 25.6. The Labute approximate surface area is 149 Å². The van der Waals surface area contributed by atoms with Crippen molar-refractivity contribution in [2.45, 2.75) is 44.0 Å². The second-order valence-electron chi connectivity index (χ2n) is 6.16. The van der Waals surface area contributed by atoms with Gasteiger partial charge in [-0.2, -0.15) is 0 Å². The van der Waals surface area contributed by atoms with Crippen LogP contribution in [0, 0.1) is 6.92 Å². The van der Waals surface area contributed by atoms with Crippen molar-refractivity contribution in [3.8, 4) is 0 Å². The van der Waals surface area contributed by atoms with Gasteiger partial charge in [0.25, 0.3) is 0 Å². The van der Waals surface area contributed by atoms with Gasteiger partial charge in [0.05, 0.1) is 11.5 Å². The lowest BCUT2D eigenvalue weighted by molar-refractivity contribution is -0.119. The summed E-state index contributed by atoms with van der Waals surface area (Å²) in [5.41, 5.74) is 1.20. The van der Waals surface area contributed by atoms with Crippen molar-refractivity contribution < 1.29 is 13.2 Å². The van der Waals surface area contributed by atoms with Crippen molar-refractivity contribution in [2.24, 2.45) is 0 Å². The van der Waals surface area contributed by atoms with Crippen molar-refractivity contribution in [1.29, 1.82) is 0 Å². The van der Waals surface area contributed by atoms with Crippen LogP contribution in [0.4, 0.5) is 0 Å². The number of piperidine rings is 1. The average Bonchev–Trinajstić information content (AvgIpc) is 2.55. The first-order chi connectivity index (χ1) is 11.4. The maximum atomic E-state index is 12.1. The summed E-state index contributed by atoms with van der Waals surface area (Å²) in [6.07, 6.45) is 2.00. The van der Waals surface area contributed by atoms with E-state index in [0.29, 0.717) is 38.1 Å². The highest BCUT2D eigenvalue weighted by Gasteiger charge is 2.27. The SMILES string of the molecule is CCCS(=O)(=O)N1CCC(NC(=O)CSc2ccc(C)cc2)CC1. The number of carbonyl (C=O) groups excluding carboxylic acids is 1. The van der Waals surface area contributed by atoms with Crippen molar-refractivity contribution in [3.63, 3.8) is 0 Å². The Kier molecular flexibility index (Phi) is 7.13. The predicted molar refractivity (Wildman–Crippen MR) is 98.7 cm³/mol. The maximum Gasteiger partial charge on any atom is 0.230 e. The van der Waals surface area contributed by atoms with Crippen LogP contribution in [-0.2, 0) is 14.8 Å². The zero-order chi connectivity index (χ0) is 17.6. The number of benzene rings is 1. The van der Waals surface area contributed by atoms with Gasteiger partial charge in [0.1, 0.15) is 0 Å². The van der Waals surface area contributed by atoms with Crippen molar-refractivity contribution in [3.05, 3.63) is 29.8 Å². The molecule has 0 radical (unpaired) electrons. The molecule has 0 atom stereocenters. The molecule has 1 saturated heterocycles. The number of hydrogen-bond donors (Lipinski definition) is 1.